The van der Waals surface area contributed by atoms with Crippen LogP contribution in [0.4, 0.5) is 0 Å². The van der Waals surface area contributed by atoms with E-state index in [1.807, 2.05) is 0 Å². The first-order valence-corrected chi connectivity index (χ1v) is 8.79. The second kappa shape index (κ2) is 10.7. The van der Waals surface area contributed by atoms with Crippen LogP contribution in [0.1, 0.15) is 78.6 Å². The number of nitrogens with one attached hydrogen (secondary N) is 1. The zero-order chi connectivity index (χ0) is 13.9. The Balaban J connectivity index is 2.24. The molecule has 1 rings (SSSR count). The minimum atomic E-state index is 0.743. The SMILES string of the molecule is CCCNC(CC)CCCN1CCCCCC1CC. The highest BCUT2D eigenvalue weighted by Gasteiger charge is 2.19. The Morgan fingerprint density at radius 3 is 2.68 bits per heavy atom. The smallest absolute Gasteiger partial charge is 0.00926 e. The Hall–Kier alpha value is -0.0800. The third-order valence-corrected chi connectivity index (χ3v) is 4.64. The molecule has 0 radical (unpaired) electrons. The Morgan fingerprint density at radius 2 is 2.00 bits per heavy atom. The van der Waals surface area contributed by atoms with Gasteiger partial charge in [-0.1, -0.05) is 33.6 Å². The molecule has 19 heavy (non-hydrogen) atoms. The van der Waals surface area contributed by atoms with Crippen molar-refractivity contribution in [2.75, 3.05) is 19.6 Å². The van der Waals surface area contributed by atoms with Gasteiger partial charge in [-0.2, -0.15) is 0 Å². The van der Waals surface area contributed by atoms with Gasteiger partial charge in [0.1, 0.15) is 0 Å². The highest BCUT2D eigenvalue weighted by molar-refractivity contribution is 4.75. The highest BCUT2D eigenvalue weighted by Crippen LogP contribution is 2.19. The van der Waals surface area contributed by atoms with E-state index in [0.717, 1.165) is 12.1 Å². The Kier molecular flexibility index (Phi) is 9.54. The first-order valence-electron chi connectivity index (χ1n) is 8.79. The van der Waals surface area contributed by atoms with Crippen molar-refractivity contribution in [1.29, 1.82) is 0 Å². The van der Waals surface area contributed by atoms with E-state index < -0.39 is 0 Å². The van der Waals surface area contributed by atoms with Gasteiger partial charge in [-0.15, -0.1) is 0 Å². The number of hydrogen-bond donors (Lipinski definition) is 1. The number of hydrogen-bond acceptors (Lipinski definition) is 2. The van der Waals surface area contributed by atoms with E-state index in [0.29, 0.717) is 0 Å². The summed E-state index contributed by atoms with van der Waals surface area (Å²) in [5.41, 5.74) is 0. The van der Waals surface area contributed by atoms with Crippen molar-refractivity contribution in [2.24, 2.45) is 0 Å². The predicted molar refractivity (Wildman–Crippen MR) is 85.7 cm³/mol. The van der Waals surface area contributed by atoms with Gasteiger partial charge in [0.25, 0.3) is 0 Å². The Bertz CT molecular complexity index is 205. The van der Waals surface area contributed by atoms with Crippen LogP contribution in [0.2, 0.25) is 0 Å². The van der Waals surface area contributed by atoms with Crippen molar-refractivity contribution in [3.05, 3.63) is 0 Å². The number of likely N-dealkylation sites (tertiary alicyclic amines) is 1. The quantitative estimate of drug-likeness (QED) is 0.674. The summed E-state index contributed by atoms with van der Waals surface area (Å²) < 4.78 is 0. The van der Waals surface area contributed by atoms with Crippen LogP contribution in [0, 0.1) is 0 Å². The molecule has 1 heterocycles. The maximum atomic E-state index is 3.68. The highest BCUT2D eigenvalue weighted by atomic mass is 15.1. The molecule has 1 saturated heterocycles. The lowest BCUT2D eigenvalue weighted by atomic mass is 10.1. The summed E-state index contributed by atoms with van der Waals surface area (Å²) in [5.74, 6) is 0. The van der Waals surface area contributed by atoms with Crippen molar-refractivity contribution in [3.63, 3.8) is 0 Å². The lowest BCUT2D eigenvalue weighted by Crippen LogP contribution is -2.36. The summed E-state index contributed by atoms with van der Waals surface area (Å²) in [4.78, 5) is 2.78. The van der Waals surface area contributed by atoms with Crippen molar-refractivity contribution in [1.82, 2.24) is 10.2 Å². The summed E-state index contributed by atoms with van der Waals surface area (Å²) >= 11 is 0. The first kappa shape index (κ1) is 17.0. The van der Waals surface area contributed by atoms with Crippen LogP contribution in [0.5, 0.6) is 0 Å². The van der Waals surface area contributed by atoms with Crippen molar-refractivity contribution in [2.45, 2.75) is 90.6 Å². The fourth-order valence-electron chi connectivity index (χ4n) is 3.33. The molecule has 0 saturated carbocycles. The molecule has 1 aliphatic rings. The molecular formula is C17H36N2. The van der Waals surface area contributed by atoms with Gasteiger partial charge in [0.15, 0.2) is 0 Å². The van der Waals surface area contributed by atoms with Crippen molar-refractivity contribution < 1.29 is 0 Å². The third kappa shape index (κ3) is 6.76. The molecule has 2 atom stereocenters. The molecule has 1 N–H and O–H groups in total. The molecule has 0 amide bonds. The summed E-state index contributed by atoms with van der Waals surface area (Å²) in [6, 6.07) is 1.61. The van der Waals surface area contributed by atoms with Gasteiger partial charge >= 0.3 is 0 Å². The molecule has 114 valence electrons. The topological polar surface area (TPSA) is 15.3 Å². The molecule has 2 heteroatoms. The second-order valence-electron chi connectivity index (χ2n) is 6.15. The van der Waals surface area contributed by atoms with Crippen molar-refractivity contribution in [3.8, 4) is 0 Å². The lowest BCUT2D eigenvalue weighted by molar-refractivity contribution is 0.188. The second-order valence-corrected chi connectivity index (χ2v) is 6.15. The number of rotatable bonds is 9. The molecule has 0 aromatic rings. The fraction of sp³-hybridized carbons (Fsp3) is 1.00. The molecule has 0 aliphatic carbocycles. The molecule has 0 aromatic carbocycles. The Morgan fingerprint density at radius 1 is 1.16 bits per heavy atom. The summed E-state index contributed by atoms with van der Waals surface area (Å²) in [5, 5.41) is 3.68. The molecule has 0 aromatic heterocycles. The fourth-order valence-corrected chi connectivity index (χ4v) is 3.33. The monoisotopic (exact) mass is 268 g/mol. The standard InChI is InChI=1S/C17H36N2/c1-4-13-18-16(5-2)11-10-15-19-14-9-7-8-12-17(19)6-3/h16-18H,4-15H2,1-3H3. The van der Waals surface area contributed by atoms with Gasteiger partial charge in [-0.25, -0.2) is 0 Å². The van der Waals surface area contributed by atoms with E-state index in [2.05, 4.69) is 31.0 Å². The molecule has 0 spiro atoms. The van der Waals surface area contributed by atoms with Crippen LogP contribution in [-0.4, -0.2) is 36.6 Å². The van der Waals surface area contributed by atoms with E-state index in [1.165, 1.54) is 77.4 Å². The average Bonchev–Trinajstić information content (AvgIpc) is 2.67. The van der Waals surface area contributed by atoms with Gasteiger partial charge in [-0.05, 0) is 64.6 Å². The predicted octanol–water partition coefficient (Wildman–Crippen LogP) is 4.20. The lowest BCUT2D eigenvalue weighted by Gasteiger charge is -2.29. The third-order valence-electron chi connectivity index (χ3n) is 4.64. The summed E-state index contributed by atoms with van der Waals surface area (Å²) in [7, 11) is 0. The van der Waals surface area contributed by atoms with Crippen LogP contribution in [0.25, 0.3) is 0 Å². The van der Waals surface area contributed by atoms with Crippen molar-refractivity contribution >= 4 is 0 Å². The van der Waals surface area contributed by atoms with E-state index in [9.17, 15) is 0 Å². The first-order chi connectivity index (χ1) is 9.31. The molecule has 2 nitrogen and oxygen atoms in total. The van der Waals surface area contributed by atoms with E-state index in [1.54, 1.807) is 0 Å². The van der Waals surface area contributed by atoms with Crippen LogP contribution in [0.15, 0.2) is 0 Å². The maximum absolute atomic E-state index is 3.68. The van der Waals surface area contributed by atoms with Gasteiger partial charge in [0.05, 0.1) is 0 Å². The maximum Gasteiger partial charge on any atom is 0.00926 e. The van der Waals surface area contributed by atoms with Crippen LogP contribution in [-0.2, 0) is 0 Å². The molecule has 1 fully saturated rings. The van der Waals surface area contributed by atoms with E-state index in [4.69, 9.17) is 0 Å². The zero-order valence-corrected chi connectivity index (χ0v) is 13.6. The van der Waals surface area contributed by atoms with E-state index in [-0.39, 0.29) is 0 Å². The minimum absolute atomic E-state index is 0.743. The van der Waals surface area contributed by atoms with Crippen LogP contribution >= 0.6 is 0 Å². The molecule has 1 aliphatic heterocycles. The molecular weight excluding hydrogens is 232 g/mol. The zero-order valence-electron chi connectivity index (χ0n) is 13.6. The largest absolute Gasteiger partial charge is 0.314 e. The van der Waals surface area contributed by atoms with Gasteiger partial charge in [-0.3, -0.25) is 0 Å². The summed E-state index contributed by atoms with van der Waals surface area (Å²) in [6.07, 6.45) is 12.3. The van der Waals surface area contributed by atoms with Gasteiger partial charge in [0, 0.05) is 12.1 Å². The van der Waals surface area contributed by atoms with Crippen LogP contribution in [0.3, 0.4) is 0 Å². The van der Waals surface area contributed by atoms with Crippen LogP contribution < -0.4 is 5.32 Å². The van der Waals surface area contributed by atoms with Gasteiger partial charge in [0.2, 0.25) is 0 Å². The van der Waals surface area contributed by atoms with Gasteiger partial charge < -0.3 is 10.2 Å². The normalized spacial score (nSPS) is 23.2. The van der Waals surface area contributed by atoms with E-state index >= 15 is 0 Å². The molecule has 2 unspecified atom stereocenters. The summed E-state index contributed by atoms with van der Waals surface area (Å²) in [6.45, 7) is 10.8. The molecule has 0 bridgehead atoms. The Labute approximate surface area is 121 Å². The number of nitrogens with zero attached hydrogens (tertiary/aromatic N) is 1. The average molecular weight is 268 g/mol. The minimum Gasteiger partial charge on any atom is -0.314 e.